The molecule has 0 fully saturated rings. The number of hydrogen-bond donors (Lipinski definition) is 2. The summed E-state index contributed by atoms with van der Waals surface area (Å²) in [6.45, 7) is 1.89. The first kappa shape index (κ1) is 12.2. The van der Waals surface area contributed by atoms with Crippen LogP contribution in [0.5, 0.6) is 0 Å². The third-order valence-corrected chi connectivity index (χ3v) is 2.68. The van der Waals surface area contributed by atoms with Crippen molar-refractivity contribution in [2.75, 3.05) is 5.73 Å². The number of carbonyl (C=O) groups is 1. The first-order valence-electron chi connectivity index (χ1n) is 5.43. The number of furan rings is 1. The molecule has 1 aromatic carbocycles. The summed E-state index contributed by atoms with van der Waals surface area (Å²) in [5.41, 5.74) is 7.28. The van der Waals surface area contributed by atoms with Gasteiger partial charge in [0.25, 0.3) is 5.91 Å². The molecule has 0 bridgehead atoms. The summed E-state index contributed by atoms with van der Waals surface area (Å²) in [4.78, 5) is 11.8. The highest BCUT2D eigenvalue weighted by Gasteiger charge is 2.11. The van der Waals surface area contributed by atoms with Crippen LogP contribution in [0.25, 0.3) is 0 Å². The van der Waals surface area contributed by atoms with Gasteiger partial charge in [-0.15, -0.1) is 0 Å². The highest BCUT2D eigenvalue weighted by Crippen LogP contribution is 2.17. The first-order valence-corrected chi connectivity index (χ1v) is 5.43. The molecule has 2 rings (SSSR count). The van der Waals surface area contributed by atoms with Crippen LogP contribution in [0.4, 0.5) is 10.1 Å². The van der Waals surface area contributed by atoms with Crippen molar-refractivity contribution >= 4 is 11.6 Å². The highest BCUT2D eigenvalue weighted by atomic mass is 19.1. The van der Waals surface area contributed by atoms with Crippen molar-refractivity contribution in [3.8, 4) is 0 Å². The van der Waals surface area contributed by atoms with Crippen LogP contribution < -0.4 is 11.1 Å². The monoisotopic (exact) mass is 248 g/mol. The molecule has 1 aromatic heterocycles. The van der Waals surface area contributed by atoms with Gasteiger partial charge in [-0.3, -0.25) is 4.79 Å². The molecular formula is C13H13FN2O2. The van der Waals surface area contributed by atoms with E-state index < -0.39 is 5.82 Å². The highest BCUT2D eigenvalue weighted by molar-refractivity contribution is 5.95. The molecular weight excluding hydrogens is 235 g/mol. The smallest absolute Gasteiger partial charge is 0.251 e. The summed E-state index contributed by atoms with van der Waals surface area (Å²) in [6.07, 6.45) is 3.05. The maximum atomic E-state index is 13.4. The summed E-state index contributed by atoms with van der Waals surface area (Å²) < 4.78 is 18.3. The Labute approximate surface area is 104 Å². The van der Waals surface area contributed by atoms with Crippen molar-refractivity contribution < 1.29 is 13.6 Å². The van der Waals surface area contributed by atoms with E-state index in [2.05, 4.69) is 5.32 Å². The Morgan fingerprint density at radius 1 is 1.50 bits per heavy atom. The molecule has 0 spiro atoms. The van der Waals surface area contributed by atoms with E-state index in [1.807, 2.05) is 0 Å². The molecule has 2 aromatic rings. The van der Waals surface area contributed by atoms with Crippen LogP contribution in [-0.4, -0.2) is 5.91 Å². The standard InChI is InChI=1S/C13H13FN2O2/c1-8-11(14)4-10(5-12(8)15)13(17)16-6-9-2-3-18-7-9/h2-5,7H,6,15H2,1H3,(H,16,17). The zero-order valence-corrected chi connectivity index (χ0v) is 9.87. The van der Waals surface area contributed by atoms with E-state index in [1.165, 1.54) is 24.7 Å². The predicted octanol–water partition coefficient (Wildman–Crippen LogP) is 2.24. The zero-order chi connectivity index (χ0) is 13.1. The summed E-state index contributed by atoms with van der Waals surface area (Å²) in [5, 5.41) is 2.65. The van der Waals surface area contributed by atoms with Crippen LogP contribution in [0.3, 0.4) is 0 Å². The normalized spacial score (nSPS) is 10.3. The molecule has 0 aliphatic heterocycles. The minimum absolute atomic E-state index is 0.207. The second-order valence-corrected chi connectivity index (χ2v) is 3.99. The lowest BCUT2D eigenvalue weighted by Crippen LogP contribution is -2.23. The number of nitrogens with two attached hydrogens (primary N) is 1. The fraction of sp³-hybridized carbons (Fsp3) is 0.154. The molecule has 0 atom stereocenters. The van der Waals surface area contributed by atoms with E-state index in [0.29, 0.717) is 12.1 Å². The van der Waals surface area contributed by atoms with Gasteiger partial charge in [0.2, 0.25) is 0 Å². The number of amides is 1. The van der Waals surface area contributed by atoms with Crippen LogP contribution in [-0.2, 0) is 6.54 Å². The largest absolute Gasteiger partial charge is 0.472 e. The van der Waals surface area contributed by atoms with Crippen molar-refractivity contribution in [2.45, 2.75) is 13.5 Å². The second kappa shape index (κ2) is 4.91. The lowest BCUT2D eigenvalue weighted by molar-refractivity contribution is 0.0950. The van der Waals surface area contributed by atoms with Crippen molar-refractivity contribution in [3.05, 3.63) is 53.2 Å². The number of hydrogen-bond acceptors (Lipinski definition) is 3. The topological polar surface area (TPSA) is 68.3 Å². The third-order valence-electron chi connectivity index (χ3n) is 2.68. The number of halogens is 1. The maximum Gasteiger partial charge on any atom is 0.251 e. The van der Waals surface area contributed by atoms with Crippen LogP contribution in [0, 0.1) is 12.7 Å². The number of carbonyl (C=O) groups excluding carboxylic acids is 1. The number of anilines is 1. The van der Waals surface area contributed by atoms with Crippen LogP contribution in [0.2, 0.25) is 0 Å². The maximum absolute atomic E-state index is 13.4. The van der Waals surface area contributed by atoms with E-state index >= 15 is 0 Å². The van der Waals surface area contributed by atoms with Crippen LogP contribution in [0.15, 0.2) is 35.1 Å². The molecule has 1 amide bonds. The lowest BCUT2D eigenvalue weighted by Gasteiger charge is -2.07. The molecule has 0 saturated heterocycles. The molecule has 3 N–H and O–H groups in total. The summed E-state index contributed by atoms with van der Waals surface area (Å²) in [5.74, 6) is -0.856. The average Bonchev–Trinajstić information content (AvgIpc) is 2.85. The number of benzene rings is 1. The van der Waals surface area contributed by atoms with Gasteiger partial charge in [0.1, 0.15) is 5.82 Å². The Balaban J connectivity index is 2.09. The third kappa shape index (κ3) is 2.51. The summed E-state index contributed by atoms with van der Waals surface area (Å²) in [6, 6.07) is 4.38. The van der Waals surface area contributed by atoms with Gasteiger partial charge in [-0.2, -0.15) is 0 Å². The molecule has 94 valence electrons. The molecule has 0 aliphatic rings. The van der Waals surface area contributed by atoms with E-state index in [9.17, 15) is 9.18 Å². The quantitative estimate of drug-likeness (QED) is 0.818. The Morgan fingerprint density at radius 2 is 2.28 bits per heavy atom. The predicted molar refractivity (Wildman–Crippen MR) is 65.4 cm³/mol. The Hall–Kier alpha value is -2.30. The van der Waals surface area contributed by atoms with E-state index in [1.54, 1.807) is 13.0 Å². The van der Waals surface area contributed by atoms with Gasteiger partial charge in [-0.05, 0) is 25.1 Å². The summed E-state index contributed by atoms with van der Waals surface area (Å²) in [7, 11) is 0. The van der Waals surface area contributed by atoms with Gasteiger partial charge < -0.3 is 15.5 Å². The van der Waals surface area contributed by atoms with E-state index in [-0.39, 0.29) is 17.2 Å². The molecule has 0 radical (unpaired) electrons. The fourth-order valence-electron chi connectivity index (χ4n) is 1.51. The van der Waals surface area contributed by atoms with Crippen LogP contribution in [0.1, 0.15) is 21.5 Å². The van der Waals surface area contributed by atoms with Gasteiger partial charge in [0.05, 0.1) is 12.5 Å². The van der Waals surface area contributed by atoms with Crippen molar-refractivity contribution in [1.29, 1.82) is 0 Å². The molecule has 5 heteroatoms. The first-order chi connectivity index (χ1) is 8.58. The Bertz CT molecular complexity index is 541. The van der Waals surface area contributed by atoms with Gasteiger partial charge in [0, 0.05) is 28.9 Å². The lowest BCUT2D eigenvalue weighted by atomic mass is 10.1. The van der Waals surface area contributed by atoms with Gasteiger partial charge in [-0.25, -0.2) is 4.39 Å². The molecule has 1 heterocycles. The minimum atomic E-state index is -0.483. The molecule has 18 heavy (non-hydrogen) atoms. The second-order valence-electron chi connectivity index (χ2n) is 3.99. The molecule has 4 nitrogen and oxygen atoms in total. The van der Waals surface area contributed by atoms with Crippen molar-refractivity contribution in [3.63, 3.8) is 0 Å². The van der Waals surface area contributed by atoms with Crippen LogP contribution >= 0.6 is 0 Å². The zero-order valence-electron chi connectivity index (χ0n) is 9.87. The number of rotatable bonds is 3. The number of nitrogens with one attached hydrogen (secondary N) is 1. The van der Waals surface area contributed by atoms with E-state index in [0.717, 1.165) is 5.56 Å². The fourth-order valence-corrected chi connectivity index (χ4v) is 1.51. The SMILES string of the molecule is Cc1c(N)cc(C(=O)NCc2ccoc2)cc1F. The van der Waals surface area contributed by atoms with Crippen molar-refractivity contribution in [2.24, 2.45) is 0 Å². The van der Waals surface area contributed by atoms with E-state index in [4.69, 9.17) is 10.2 Å². The average molecular weight is 248 g/mol. The van der Waals surface area contributed by atoms with Crippen molar-refractivity contribution in [1.82, 2.24) is 5.32 Å². The Morgan fingerprint density at radius 3 is 2.89 bits per heavy atom. The molecule has 0 unspecified atom stereocenters. The van der Waals surface area contributed by atoms with Gasteiger partial charge in [0.15, 0.2) is 0 Å². The van der Waals surface area contributed by atoms with Gasteiger partial charge >= 0.3 is 0 Å². The molecule has 0 saturated carbocycles. The summed E-state index contributed by atoms with van der Waals surface area (Å²) >= 11 is 0. The van der Waals surface area contributed by atoms with Gasteiger partial charge in [-0.1, -0.05) is 0 Å². The molecule has 0 aliphatic carbocycles. The number of nitrogen functional groups attached to an aromatic ring is 1. The Kier molecular flexibility index (Phi) is 3.32. The minimum Gasteiger partial charge on any atom is -0.472 e.